The number of benzene rings is 7. The van der Waals surface area contributed by atoms with Gasteiger partial charge in [0.15, 0.2) is 12.4 Å². The molecule has 56 heavy (non-hydrogen) atoms. The fourth-order valence-electron chi connectivity index (χ4n) is 11.0. The first kappa shape index (κ1) is 30.4. The number of fused-ring (bicyclic) bond motifs is 11. The number of para-hydroxylation sites is 4. The van der Waals surface area contributed by atoms with Crippen molar-refractivity contribution in [2.75, 3.05) is 11.6 Å². The number of anilines is 2. The van der Waals surface area contributed by atoms with Crippen LogP contribution in [0.1, 0.15) is 45.2 Å². The molecular formula is C51H35N4O+. The lowest BCUT2D eigenvalue weighted by Gasteiger charge is -2.58. The number of nitrogens with one attached hydrogen (secondary N) is 1. The van der Waals surface area contributed by atoms with Gasteiger partial charge in [0, 0.05) is 58.0 Å². The molecular weight excluding hydrogens is 685 g/mol. The largest absolute Gasteiger partial charge is 0.457 e. The Kier molecular flexibility index (Phi) is 6.00. The van der Waals surface area contributed by atoms with Crippen LogP contribution in [0.3, 0.4) is 0 Å². The van der Waals surface area contributed by atoms with Crippen molar-refractivity contribution in [2.24, 2.45) is 0 Å². The maximum Gasteiger partial charge on any atom is 0.166 e. The van der Waals surface area contributed by atoms with Gasteiger partial charge in [-0.25, -0.2) is 4.98 Å². The molecule has 3 heterocycles. The van der Waals surface area contributed by atoms with Crippen LogP contribution in [0.2, 0.25) is 0 Å². The smallest absolute Gasteiger partial charge is 0.166 e. The Balaban J connectivity index is 0.926. The van der Waals surface area contributed by atoms with Gasteiger partial charge in [-0.05, 0) is 82.4 Å². The van der Waals surface area contributed by atoms with E-state index in [1.165, 1.54) is 66.1 Å². The highest BCUT2D eigenvalue weighted by Crippen LogP contribution is 2.77. The summed E-state index contributed by atoms with van der Waals surface area (Å²) in [6.45, 7) is 0.798. The summed E-state index contributed by atoms with van der Waals surface area (Å²) in [6, 6.07) is 63.7. The van der Waals surface area contributed by atoms with Crippen LogP contribution < -0.4 is 14.5 Å². The second-order valence-corrected chi connectivity index (χ2v) is 15.6. The van der Waals surface area contributed by atoms with E-state index >= 15 is 0 Å². The molecule has 2 aromatic heterocycles. The van der Waals surface area contributed by atoms with E-state index in [4.69, 9.17) is 9.72 Å². The summed E-state index contributed by atoms with van der Waals surface area (Å²) in [5.41, 5.74) is 15.7. The molecule has 7 aromatic carbocycles. The highest BCUT2D eigenvalue weighted by Gasteiger charge is 2.70. The molecule has 13 rings (SSSR count). The Labute approximate surface area is 324 Å². The molecule has 5 nitrogen and oxygen atoms in total. The summed E-state index contributed by atoms with van der Waals surface area (Å²) >= 11 is 0. The average Bonchev–Trinajstić information content (AvgIpc) is 3.86. The minimum Gasteiger partial charge on any atom is -0.457 e. The second-order valence-electron chi connectivity index (χ2n) is 15.6. The Morgan fingerprint density at radius 2 is 1.29 bits per heavy atom. The fourth-order valence-corrected chi connectivity index (χ4v) is 11.0. The van der Waals surface area contributed by atoms with Crippen molar-refractivity contribution in [3.8, 4) is 17.3 Å². The molecule has 0 amide bonds. The molecule has 1 spiro atoms. The standard InChI is InChI=1S/C51H34N4O/c1-2-13-32(14-3-1)53-31-54(45-24-11-10-23-44(45)53)33-15-12-16-34(29-33)56-35-25-26-37-36-17-6-9-22-43(36)55(46(37)30-35)50-47-40(27-28-52-50)48-38-18-4-7-20-41(38)51(48)42-21-8-5-19-39(42)49(47)51/h1-30,48-49H,31H2/p+1. The van der Waals surface area contributed by atoms with Gasteiger partial charge >= 0.3 is 0 Å². The molecule has 9 aromatic rings. The van der Waals surface area contributed by atoms with E-state index in [0.29, 0.717) is 5.92 Å². The number of ether oxygens (including phenoxy) is 1. The third-order valence-electron chi connectivity index (χ3n) is 13.1. The van der Waals surface area contributed by atoms with E-state index in [9.17, 15) is 0 Å². The molecule has 3 aliphatic carbocycles. The third-order valence-corrected chi connectivity index (χ3v) is 13.1. The summed E-state index contributed by atoms with van der Waals surface area (Å²) in [4.78, 5) is 9.00. The topological polar surface area (TPSA) is 34.7 Å². The molecule has 0 bridgehead atoms. The van der Waals surface area contributed by atoms with Gasteiger partial charge in [-0.3, -0.25) is 14.4 Å². The maximum absolute atomic E-state index is 6.78. The van der Waals surface area contributed by atoms with Gasteiger partial charge in [0.2, 0.25) is 0 Å². The highest BCUT2D eigenvalue weighted by molar-refractivity contribution is 6.09. The van der Waals surface area contributed by atoms with Crippen molar-refractivity contribution in [2.45, 2.75) is 17.3 Å². The molecule has 0 fully saturated rings. The summed E-state index contributed by atoms with van der Waals surface area (Å²) < 4.78 is 9.18. The van der Waals surface area contributed by atoms with Crippen molar-refractivity contribution in [1.29, 1.82) is 0 Å². The molecule has 4 aliphatic rings. The fraction of sp³-hybridized carbons (Fsp3) is 0.0784. The summed E-state index contributed by atoms with van der Waals surface area (Å²) in [7, 11) is 0. The quantitative estimate of drug-likeness (QED) is 0.192. The molecule has 0 saturated carbocycles. The second kappa shape index (κ2) is 11.1. The molecule has 4 unspecified atom stereocenters. The van der Waals surface area contributed by atoms with Gasteiger partial charge in [-0.1, -0.05) is 103 Å². The van der Waals surface area contributed by atoms with Crippen molar-refractivity contribution in [3.63, 3.8) is 0 Å². The minimum absolute atomic E-state index is 0.0270. The molecule has 0 radical (unpaired) electrons. The number of quaternary nitrogens is 1. The van der Waals surface area contributed by atoms with Crippen molar-refractivity contribution in [1.82, 2.24) is 9.55 Å². The Bertz CT molecular complexity index is 3090. The number of hydrogen-bond acceptors (Lipinski definition) is 3. The molecule has 1 aliphatic heterocycles. The van der Waals surface area contributed by atoms with E-state index in [0.717, 1.165) is 40.7 Å². The Morgan fingerprint density at radius 1 is 0.571 bits per heavy atom. The third kappa shape index (κ3) is 3.80. The van der Waals surface area contributed by atoms with Crippen LogP contribution in [-0.4, -0.2) is 16.2 Å². The lowest BCUT2D eigenvalue weighted by Crippen LogP contribution is -3.01. The van der Waals surface area contributed by atoms with E-state index in [1.54, 1.807) is 0 Å². The van der Waals surface area contributed by atoms with Crippen molar-refractivity contribution in [3.05, 3.63) is 216 Å². The molecule has 4 atom stereocenters. The van der Waals surface area contributed by atoms with Crippen LogP contribution >= 0.6 is 0 Å². The van der Waals surface area contributed by atoms with E-state index < -0.39 is 0 Å². The zero-order valence-electron chi connectivity index (χ0n) is 30.4. The monoisotopic (exact) mass is 719 g/mol. The first-order valence-electron chi connectivity index (χ1n) is 19.6. The van der Waals surface area contributed by atoms with Crippen LogP contribution in [0.5, 0.6) is 11.5 Å². The van der Waals surface area contributed by atoms with Crippen molar-refractivity contribution < 1.29 is 9.64 Å². The zero-order chi connectivity index (χ0) is 36.5. The SMILES string of the molecule is c1ccc([NH+]2CN(c3cccc(Oc4ccc5c6ccccc6n(-c6nccc7c6C6c8ccccc8C68c6ccccc6C78)c5c4)c3)c3ccccc32)cc1. The predicted molar refractivity (Wildman–Crippen MR) is 223 cm³/mol. The Morgan fingerprint density at radius 3 is 2.16 bits per heavy atom. The van der Waals surface area contributed by atoms with Gasteiger partial charge < -0.3 is 4.74 Å². The van der Waals surface area contributed by atoms with Gasteiger partial charge in [-0.2, -0.15) is 0 Å². The van der Waals surface area contributed by atoms with Gasteiger partial charge in [-0.15, -0.1) is 0 Å². The predicted octanol–water partition coefficient (Wildman–Crippen LogP) is 10.8. The molecule has 1 N–H and O–H groups in total. The summed E-state index contributed by atoms with van der Waals surface area (Å²) in [5.74, 6) is 3.20. The lowest BCUT2D eigenvalue weighted by atomic mass is 9.43. The van der Waals surface area contributed by atoms with Gasteiger partial charge in [0.05, 0.1) is 16.7 Å². The number of hydrogen-bond donors (Lipinski definition) is 1. The van der Waals surface area contributed by atoms with E-state index in [-0.39, 0.29) is 11.3 Å². The molecule has 5 heteroatoms. The van der Waals surface area contributed by atoms with E-state index in [2.05, 4.69) is 185 Å². The molecule has 264 valence electrons. The van der Waals surface area contributed by atoms with Crippen LogP contribution in [0.25, 0.3) is 27.6 Å². The first-order valence-corrected chi connectivity index (χ1v) is 19.6. The minimum atomic E-state index is -0.0270. The van der Waals surface area contributed by atoms with Gasteiger partial charge in [0.1, 0.15) is 28.7 Å². The highest BCUT2D eigenvalue weighted by atomic mass is 16.5. The summed E-state index contributed by atoms with van der Waals surface area (Å²) in [6.07, 6.45) is 2.03. The maximum atomic E-state index is 6.78. The van der Waals surface area contributed by atoms with Crippen molar-refractivity contribution >= 4 is 44.6 Å². The number of aromatic nitrogens is 2. The number of pyridine rings is 1. The average molecular weight is 720 g/mol. The zero-order valence-corrected chi connectivity index (χ0v) is 30.4. The normalized spacial score (nSPS) is 20.6. The van der Waals surface area contributed by atoms with Gasteiger partial charge in [0.25, 0.3) is 0 Å². The first-order chi connectivity index (χ1) is 27.8. The number of rotatable bonds is 5. The van der Waals surface area contributed by atoms with E-state index in [1.807, 2.05) is 6.20 Å². The molecule has 0 saturated heterocycles. The lowest BCUT2D eigenvalue weighted by molar-refractivity contribution is -0.751. The van der Waals surface area contributed by atoms with Crippen LogP contribution in [0, 0.1) is 0 Å². The number of nitrogens with zero attached hydrogens (tertiary/aromatic N) is 3. The van der Waals surface area contributed by atoms with Crippen LogP contribution in [0.4, 0.5) is 22.7 Å². The van der Waals surface area contributed by atoms with Crippen LogP contribution in [0.15, 0.2) is 182 Å². The Hall–Kier alpha value is -6.95. The summed E-state index contributed by atoms with van der Waals surface area (Å²) in [5, 5.41) is 2.40. The van der Waals surface area contributed by atoms with Crippen LogP contribution in [-0.2, 0) is 5.41 Å².